The number of rotatable bonds is 2. The third kappa shape index (κ3) is 0.781. The Hall–Kier alpha value is -1.30. The third-order valence-corrected chi connectivity index (χ3v) is 2.28. The first kappa shape index (κ1) is 7.35. The Morgan fingerprint density at radius 2 is 1.83 bits per heavy atom. The molecule has 66 valence electrons. The average Bonchev–Trinajstić information content (AvgIpc) is 2.77. The Morgan fingerprint density at radius 3 is 2.17 bits per heavy atom. The van der Waals surface area contributed by atoms with E-state index in [2.05, 4.69) is 10.2 Å². The normalized spacial score (nSPS) is 19.4. The predicted molar refractivity (Wildman–Crippen MR) is 40.0 cm³/mol. The van der Waals surface area contributed by atoms with E-state index < -0.39 is 16.9 Å². The van der Waals surface area contributed by atoms with Crippen LogP contribution in [-0.2, 0) is 5.54 Å². The maximum atomic E-state index is 11.1. The van der Waals surface area contributed by atoms with Crippen molar-refractivity contribution in [3.8, 4) is 0 Å². The summed E-state index contributed by atoms with van der Waals surface area (Å²) in [6.07, 6.45) is 1.37. The molecule has 6 heteroatoms. The molecule has 0 unspecified atom stereocenters. The Balaban J connectivity index is 2.60. The molecule has 1 aliphatic rings. The van der Waals surface area contributed by atoms with Crippen molar-refractivity contribution < 1.29 is 5.11 Å². The number of hydrogen-bond acceptors (Lipinski definition) is 3. The lowest BCUT2D eigenvalue weighted by molar-refractivity contribution is 0.207. The zero-order valence-corrected chi connectivity index (χ0v) is 6.33. The Labute approximate surface area is 66.8 Å². The van der Waals surface area contributed by atoms with Gasteiger partial charge in [0.1, 0.15) is 0 Å². The monoisotopic (exact) mass is 171 g/mol. The minimum absolute atomic E-state index is 0.159. The first-order valence-corrected chi connectivity index (χ1v) is 3.71. The van der Waals surface area contributed by atoms with Gasteiger partial charge in [0.05, 0.1) is 12.1 Å². The smallest absolute Gasteiger partial charge is 0.344 e. The number of nitrogens with one attached hydrogen (secondary N) is 2. The molecule has 6 nitrogen and oxygen atoms in total. The van der Waals surface area contributed by atoms with Crippen molar-refractivity contribution in [3.63, 3.8) is 0 Å². The van der Waals surface area contributed by atoms with E-state index >= 15 is 0 Å². The molecule has 1 aliphatic carbocycles. The van der Waals surface area contributed by atoms with E-state index in [9.17, 15) is 9.59 Å². The van der Waals surface area contributed by atoms with E-state index in [0.29, 0.717) is 12.8 Å². The topological polar surface area (TPSA) is 90.9 Å². The van der Waals surface area contributed by atoms with Crippen molar-refractivity contribution in [2.75, 3.05) is 6.61 Å². The molecule has 0 spiro atoms. The van der Waals surface area contributed by atoms with Crippen LogP contribution >= 0.6 is 0 Å². The lowest BCUT2D eigenvalue weighted by atomic mass is 10.3. The van der Waals surface area contributed by atoms with Gasteiger partial charge >= 0.3 is 11.4 Å². The summed E-state index contributed by atoms with van der Waals surface area (Å²) in [6.45, 7) is -0.159. The van der Waals surface area contributed by atoms with Gasteiger partial charge in [-0.2, -0.15) is 0 Å². The molecule has 0 bridgehead atoms. The minimum atomic E-state index is -0.620. The van der Waals surface area contributed by atoms with Gasteiger partial charge in [-0.15, -0.1) is 0 Å². The summed E-state index contributed by atoms with van der Waals surface area (Å²) >= 11 is 0. The number of aromatic nitrogens is 3. The van der Waals surface area contributed by atoms with Crippen LogP contribution in [0, 0.1) is 0 Å². The van der Waals surface area contributed by atoms with Gasteiger partial charge in [-0.1, -0.05) is 0 Å². The highest BCUT2D eigenvalue weighted by Gasteiger charge is 2.46. The van der Waals surface area contributed by atoms with Gasteiger partial charge in [0, 0.05) is 0 Å². The molecular weight excluding hydrogens is 162 g/mol. The van der Waals surface area contributed by atoms with Gasteiger partial charge in [-0.25, -0.2) is 24.4 Å². The number of nitrogens with zero attached hydrogens (tertiary/aromatic N) is 1. The van der Waals surface area contributed by atoms with Crippen molar-refractivity contribution >= 4 is 0 Å². The van der Waals surface area contributed by atoms with E-state index in [-0.39, 0.29) is 6.61 Å². The van der Waals surface area contributed by atoms with E-state index in [1.165, 1.54) is 0 Å². The fourth-order valence-electron chi connectivity index (χ4n) is 1.34. The van der Waals surface area contributed by atoms with E-state index in [4.69, 9.17) is 5.11 Å². The van der Waals surface area contributed by atoms with Crippen LogP contribution in [0.5, 0.6) is 0 Å². The highest BCUT2D eigenvalue weighted by Crippen LogP contribution is 2.40. The molecule has 0 amide bonds. The fraction of sp³-hybridized carbons (Fsp3) is 0.667. The average molecular weight is 171 g/mol. The minimum Gasteiger partial charge on any atom is -0.394 e. The summed E-state index contributed by atoms with van der Waals surface area (Å²) in [5.41, 5.74) is -1.58. The van der Waals surface area contributed by atoms with Gasteiger partial charge in [0.25, 0.3) is 0 Å². The van der Waals surface area contributed by atoms with E-state index in [1.807, 2.05) is 0 Å². The van der Waals surface area contributed by atoms with Crippen LogP contribution in [-0.4, -0.2) is 26.5 Å². The molecule has 0 aromatic carbocycles. The molecule has 1 heterocycles. The van der Waals surface area contributed by atoms with E-state index in [1.54, 1.807) is 0 Å². The molecule has 12 heavy (non-hydrogen) atoms. The quantitative estimate of drug-likeness (QED) is 0.497. The standard InChI is InChI=1S/C6H9N3O3/c10-3-6(1-2-6)9-4(11)7-8-5(9)12/h10H,1-3H2,(H,7,11)(H,8,12). The van der Waals surface area contributed by atoms with Crippen LogP contribution in [0.1, 0.15) is 12.8 Å². The zero-order valence-electron chi connectivity index (χ0n) is 6.33. The van der Waals surface area contributed by atoms with E-state index in [0.717, 1.165) is 4.57 Å². The molecule has 3 N–H and O–H groups in total. The van der Waals surface area contributed by atoms with Gasteiger partial charge in [-0.05, 0) is 12.8 Å². The van der Waals surface area contributed by atoms with Gasteiger partial charge in [0.15, 0.2) is 0 Å². The zero-order chi connectivity index (χ0) is 8.77. The second kappa shape index (κ2) is 2.10. The van der Waals surface area contributed by atoms with Crippen molar-refractivity contribution in [2.24, 2.45) is 0 Å². The summed E-state index contributed by atoms with van der Waals surface area (Å²) in [5, 5.41) is 13.3. The summed E-state index contributed by atoms with van der Waals surface area (Å²) in [4.78, 5) is 22.1. The molecule has 1 saturated carbocycles. The summed E-state index contributed by atoms with van der Waals surface area (Å²) < 4.78 is 1.05. The van der Waals surface area contributed by atoms with Crippen LogP contribution < -0.4 is 11.4 Å². The second-order valence-electron chi connectivity index (χ2n) is 3.08. The number of hydrogen-bond donors (Lipinski definition) is 3. The SMILES string of the molecule is O=c1[nH][nH]c(=O)n1C1(CO)CC1. The molecule has 0 atom stereocenters. The van der Waals surface area contributed by atoms with Crippen molar-refractivity contribution in [1.82, 2.24) is 14.8 Å². The lowest BCUT2D eigenvalue weighted by Gasteiger charge is -2.08. The lowest BCUT2D eigenvalue weighted by Crippen LogP contribution is -2.38. The summed E-state index contributed by atoms with van der Waals surface area (Å²) in [5.74, 6) is 0. The molecule has 0 saturated heterocycles. The van der Waals surface area contributed by atoms with Crippen molar-refractivity contribution in [2.45, 2.75) is 18.4 Å². The Kier molecular flexibility index (Phi) is 1.29. The fourth-order valence-corrected chi connectivity index (χ4v) is 1.34. The highest BCUT2D eigenvalue weighted by atomic mass is 16.3. The molecule has 1 aromatic heterocycles. The van der Waals surface area contributed by atoms with Crippen LogP contribution in [0.25, 0.3) is 0 Å². The number of aromatic amines is 2. The molecular formula is C6H9N3O3. The summed E-state index contributed by atoms with van der Waals surface area (Å²) in [6, 6.07) is 0. The largest absolute Gasteiger partial charge is 0.394 e. The number of H-pyrrole nitrogens is 2. The van der Waals surface area contributed by atoms with Crippen molar-refractivity contribution in [3.05, 3.63) is 21.0 Å². The second-order valence-corrected chi connectivity index (χ2v) is 3.08. The molecule has 0 radical (unpaired) electrons. The summed E-state index contributed by atoms with van der Waals surface area (Å²) in [7, 11) is 0. The highest BCUT2D eigenvalue weighted by molar-refractivity contribution is 5.00. The Morgan fingerprint density at radius 1 is 1.33 bits per heavy atom. The first-order valence-electron chi connectivity index (χ1n) is 3.71. The predicted octanol–water partition coefficient (Wildman–Crippen LogP) is -1.65. The number of aliphatic hydroxyl groups excluding tert-OH is 1. The molecule has 1 fully saturated rings. The molecule has 1 aromatic rings. The maximum absolute atomic E-state index is 11.1. The first-order chi connectivity index (χ1) is 5.69. The van der Waals surface area contributed by atoms with Crippen LogP contribution in [0.15, 0.2) is 9.59 Å². The molecule has 2 rings (SSSR count). The molecule has 0 aliphatic heterocycles. The van der Waals surface area contributed by atoms with Crippen LogP contribution in [0.2, 0.25) is 0 Å². The maximum Gasteiger partial charge on any atom is 0.344 e. The van der Waals surface area contributed by atoms with Gasteiger partial charge in [-0.3, -0.25) is 0 Å². The van der Waals surface area contributed by atoms with Gasteiger partial charge in [0.2, 0.25) is 0 Å². The third-order valence-electron chi connectivity index (χ3n) is 2.28. The van der Waals surface area contributed by atoms with Crippen LogP contribution in [0.3, 0.4) is 0 Å². The van der Waals surface area contributed by atoms with Crippen molar-refractivity contribution in [1.29, 1.82) is 0 Å². The van der Waals surface area contributed by atoms with Crippen LogP contribution in [0.4, 0.5) is 0 Å². The Bertz CT molecular complexity index is 367. The van der Waals surface area contributed by atoms with Gasteiger partial charge < -0.3 is 5.11 Å². The number of aliphatic hydroxyl groups is 1.